The lowest BCUT2D eigenvalue weighted by molar-refractivity contribution is -0.128. The van der Waals surface area contributed by atoms with Crippen LogP contribution in [0.5, 0.6) is 5.75 Å². The van der Waals surface area contributed by atoms with Gasteiger partial charge in [-0.2, -0.15) is 0 Å². The van der Waals surface area contributed by atoms with E-state index >= 15 is 0 Å². The number of Topliss-reactive ketones (excluding diaryl/α,β-unsaturated/α-hetero) is 1. The number of para-hydroxylation sites is 1. The van der Waals surface area contributed by atoms with Crippen LogP contribution in [0.2, 0.25) is 0 Å². The Morgan fingerprint density at radius 3 is 2.38 bits per heavy atom. The summed E-state index contributed by atoms with van der Waals surface area (Å²) in [5.41, 5.74) is 1.23. The molecule has 3 amide bonds. The monoisotopic (exact) mass is 396 g/mol. The van der Waals surface area contributed by atoms with Crippen molar-refractivity contribution >= 4 is 23.4 Å². The second-order valence-electron chi connectivity index (χ2n) is 6.88. The van der Waals surface area contributed by atoms with Crippen LogP contribution in [0.15, 0.2) is 54.6 Å². The summed E-state index contributed by atoms with van der Waals surface area (Å²) in [5.74, 6) is 0.176. The van der Waals surface area contributed by atoms with E-state index in [1.807, 2.05) is 6.07 Å². The van der Waals surface area contributed by atoms with Crippen molar-refractivity contribution in [1.29, 1.82) is 0 Å². The van der Waals surface area contributed by atoms with Crippen LogP contribution in [0.3, 0.4) is 0 Å². The van der Waals surface area contributed by atoms with E-state index in [-0.39, 0.29) is 24.8 Å². The molecule has 1 saturated heterocycles. The van der Waals surface area contributed by atoms with E-state index in [9.17, 15) is 19.5 Å². The second-order valence-corrected chi connectivity index (χ2v) is 6.88. The smallest absolute Gasteiger partial charge is 0.332 e. The zero-order valence-corrected chi connectivity index (χ0v) is 16.4. The van der Waals surface area contributed by atoms with Gasteiger partial charge in [0.25, 0.3) is 5.91 Å². The highest BCUT2D eigenvalue weighted by molar-refractivity contribution is 6.14. The molecule has 152 valence electrons. The van der Waals surface area contributed by atoms with Gasteiger partial charge in [0.05, 0.1) is 6.54 Å². The van der Waals surface area contributed by atoms with Crippen molar-refractivity contribution in [1.82, 2.24) is 4.90 Å². The molecule has 3 rings (SSSR count). The number of ketones is 1. The largest absolute Gasteiger partial charge is 0.491 e. The molecular weight excluding hydrogens is 372 g/mol. The van der Waals surface area contributed by atoms with Crippen molar-refractivity contribution in [2.24, 2.45) is 0 Å². The summed E-state index contributed by atoms with van der Waals surface area (Å²) in [6, 6.07) is 14.5. The summed E-state index contributed by atoms with van der Waals surface area (Å²) in [6.45, 7) is 3.22. The number of imide groups is 1. The van der Waals surface area contributed by atoms with Gasteiger partial charge < -0.3 is 9.84 Å². The van der Waals surface area contributed by atoms with Crippen molar-refractivity contribution in [3.05, 3.63) is 60.2 Å². The number of carbonyl (C=O) groups is 3. The van der Waals surface area contributed by atoms with Gasteiger partial charge in [0.15, 0.2) is 5.78 Å². The molecule has 2 atom stereocenters. The molecule has 0 unspecified atom stereocenters. The van der Waals surface area contributed by atoms with Crippen LogP contribution in [-0.4, -0.2) is 53.0 Å². The summed E-state index contributed by atoms with van der Waals surface area (Å²) in [7, 11) is 0. The van der Waals surface area contributed by atoms with Gasteiger partial charge in [-0.3, -0.25) is 19.4 Å². The predicted molar refractivity (Wildman–Crippen MR) is 108 cm³/mol. The number of β-amino-alcohol motifs (C(OH)–C–C–N with tert-alkyl or cyclic N) is 1. The first-order valence-electron chi connectivity index (χ1n) is 9.56. The number of carbonyl (C=O) groups excluding carboxylic acids is 3. The maximum Gasteiger partial charge on any atom is 0.332 e. The van der Waals surface area contributed by atoms with Crippen molar-refractivity contribution < 1.29 is 24.2 Å². The maximum absolute atomic E-state index is 12.7. The zero-order chi connectivity index (χ0) is 21.0. The van der Waals surface area contributed by atoms with E-state index in [2.05, 4.69) is 0 Å². The third-order valence-electron chi connectivity index (χ3n) is 4.82. The van der Waals surface area contributed by atoms with Crippen LogP contribution in [0.25, 0.3) is 0 Å². The molecule has 1 heterocycles. The van der Waals surface area contributed by atoms with Gasteiger partial charge in [0.1, 0.15) is 24.5 Å². The Kier molecular flexibility index (Phi) is 6.29. The number of ether oxygens (including phenoxy) is 1. The molecule has 0 radical (unpaired) electrons. The number of nitrogens with zero attached hydrogens (tertiary/aromatic N) is 2. The van der Waals surface area contributed by atoms with E-state index < -0.39 is 18.2 Å². The van der Waals surface area contributed by atoms with Crippen molar-refractivity contribution in [3.63, 3.8) is 0 Å². The van der Waals surface area contributed by atoms with Crippen LogP contribution in [0.4, 0.5) is 10.5 Å². The van der Waals surface area contributed by atoms with Crippen molar-refractivity contribution in [2.75, 3.05) is 18.1 Å². The maximum atomic E-state index is 12.7. The average molecular weight is 396 g/mol. The standard InChI is InChI=1S/C22H24N2O5/c1-3-20(26)16-9-11-19(12-10-16)29-14-18(25)13-23-21(27)15(2)24(22(23)28)17-7-5-4-6-8-17/h4-12,15,18,25H,3,13-14H2,1-2H3/t15-,18+/m0/s1. The highest BCUT2D eigenvalue weighted by Gasteiger charge is 2.43. The van der Waals surface area contributed by atoms with E-state index in [4.69, 9.17) is 4.74 Å². The van der Waals surface area contributed by atoms with E-state index in [0.29, 0.717) is 23.4 Å². The van der Waals surface area contributed by atoms with E-state index in [1.54, 1.807) is 62.4 Å². The number of hydrogen-bond acceptors (Lipinski definition) is 5. The minimum Gasteiger partial charge on any atom is -0.491 e. The summed E-state index contributed by atoms with van der Waals surface area (Å²) in [4.78, 5) is 39.3. The van der Waals surface area contributed by atoms with Gasteiger partial charge in [0.2, 0.25) is 0 Å². The molecule has 0 aromatic heterocycles. The third kappa shape index (κ3) is 4.46. The third-order valence-corrected chi connectivity index (χ3v) is 4.82. The van der Waals surface area contributed by atoms with Gasteiger partial charge in [-0.05, 0) is 43.3 Å². The summed E-state index contributed by atoms with van der Waals surface area (Å²) < 4.78 is 5.53. The summed E-state index contributed by atoms with van der Waals surface area (Å²) >= 11 is 0. The van der Waals surface area contributed by atoms with Crippen molar-refractivity contribution in [2.45, 2.75) is 32.4 Å². The van der Waals surface area contributed by atoms with Crippen LogP contribution in [-0.2, 0) is 4.79 Å². The number of amides is 3. The van der Waals surface area contributed by atoms with Crippen LogP contribution in [0.1, 0.15) is 30.6 Å². The van der Waals surface area contributed by atoms with Crippen molar-refractivity contribution in [3.8, 4) is 5.75 Å². The van der Waals surface area contributed by atoms with Crippen LogP contribution >= 0.6 is 0 Å². The normalized spacial score (nSPS) is 17.6. The van der Waals surface area contributed by atoms with Crippen LogP contribution < -0.4 is 9.64 Å². The number of aliphatic hydroxyl groups excluding tert-OH is 1. The average Bonchev–Trinajstić information content (AvgIpc) is 2.95. The quantitative estimate of drug-likeness (QED) is 0.548. The molecule has 7 nitrogen and oxygen atoms in total. The molecule has 2 aromatic carbocycles. The highest BCUT2D eigenvalue weighted by atomic mass is 16.5. The number of hydrogen-bond donors (Lipinski definition) is 1. The Morgan fingerprint density at radius 1 is 1.10 bits per heavy atom. The predicted octanol–water partition coefficient (Wildman–Crippen LogP) is 2.88. The number of rotatable bonds is 8. The lowest BCUT2D eigenvalue weighted by Crippen LogP contribution is -2.40. The van der Waals surface area contributed by atoms with Crippen LogP contribution in [0, 0.1) is 0 Å². The summed E-state index contributed by atoms with van der Waals surface area (Å²) in [5, 5.41) is 10.3. The molecule has 1 aliphatic rings. The molecule has 7 heteroatoms. The molecule has 0 spiro atoms. The molecule has 2 aromatic rings. The van der Waals surface area contributed by atoms with E-state index in [0.717, 1.165) is 4.90 Å². The number of urea groups is 1. The van der Waals surface area contributed by atoms with Gasteiger partial charge in [-0.1, -0.05) is 25.1 Å². The zero-order valence-electron chi connectivity index (χ0n) is 16.4. The Morgan fingerprint density at radius 2 is 1.76 bits per heavy atom. The fraction of sp³-hybridized carbons (Fsp3) is 0.318. The molecule has 0 aliphatic carbocycles. The number of aliphatic hydroxyl groups is 1. The topological polar surface area (TPSA) is 87.2 Å². The Balaban J connectivity index is 1.59. The lowest BCUT2D eigenvalue weighted by Gasteiger charge is -2.20. The Labute approximate surface area is 169 Å². The first-order valence-corrected chi connectivity index (χ1v) is 9.56. The Hall–Kier alpha value is -3.19. The molecule has 1 fully saturated rings. The fourth-order valence-electron chi connectivity index (χ4n) is 3.21. The Bertz CT molecular complexity index is 882. The van der Waals surface area contributed by atoms with Gasteiger partial charge in [-0.25, -0.2) is 4.79 Å². The SMILES string of the molecule is CCC(=O)c1ccc(OC[C@H](O)CN2C(=O)[C@H](C)N(c3ccccc3)C2=O)cc1. The number of anilines is 1. The first kappa shape index (κ1) is 20.5. The molecule has 0 bridgehead atoms. The van der Waals surface area contributed by atoms with Gasteiger partial charge in [-0.15, -0.1) is 0 Å². The molecule has 0 saturated carbocycles. The van der Waals surface area contributed by atoms with E-state index in [1.165, 1.54) is 4.90 Å². The van der Waals surface area contributed by atoms with Gasteiger partial charge in [0, 0.05) is 17.7 Å². The fourth-order valence-corrected chi connectivity index (χ4v) is 3.21. The second kappa shape index (κ2) is 8.87. The first-order chi connectivity index (χ1) is 13.9. The van der Waals surface area contributed by atoms with Gasteiger partial charge >= 0.3 is 6.03 Å². The molecule has 29 heavy (non-hydrogen) atoms. The minimum atomic E-state index is -1.04. The highest BCUT2D eigenvalue weighted by Crippen LogP contribution is 2.25. The molecule has 1 N–H and O–H groups in total. The number of benzene rings is 2. The minimum absolute atomic E-state index is 0.0414. The lowest BCUT2D eigenvalue weighted by atomic mass is 10.1. The molecule has 1 aliphatic heterocycles. The summed E-state index contributed by atoms with van der Waals surface area (Å²) in [6.07, 6.45) is -0.613. The molecular formula is C22H24N2O5.